The molecule has 4 aliphatic carbocycles. The van der Waals surface area contributed by atoms with E-state index in [9.17, 15) is 0 Å². The minimum atomic E-state index is 0.563. The summed E-state index contributed by atoms with van der Waals surface area (Å²) in [6, 6.07) is 24.5. The van der Waals surface area contributed by atoms with Crippen LogP contribution in [0.15, 0.2) is 92.8 Å². The highest BCUT2D eigenvalue weighted by Crippen LogP contribution is 2.40. The summed E-state index contributed by atoms with van der Waals surface area (Å²) in [7, 11) is 0. The van der Waals surface area contributed by atoms with Gasteiger partial charge < -0.3 is 22.9 Å². The van der Waals surface area contributed by atoms with Crippen molar-refractivity contribution < 1.29 is 0 Å². The Morgan fingerprint density at radius 2 is 0.536 bits per heavy atom. The van der Waals surface area contributed by atoms with Gasteiger partial charge in [-0.2, -0.15) is 0 Å². The Hall–Kier alpha value is -5.24. The summed E-state index contributed by atoms with van der Waals surface area (Å²) in [5.41, 5.74) is 39.0. The van der Waals surface area contributed by atoms with Gasteiger partial charge in [0.15, 0.2) is 0 Å². The van der Waals surface area contributed by atoms with Crippen LogP contribution in [0, 0.1) is 0 Å². The highest BCUT2D eigenvalue weighted by molar-refractivity contribution is 5.95. The van der Waals surface area contributed by atoms with Crippen LogP contribution in [0.1, 0.15) is 128 Å². The van der Waals surface area contributed by atoms with Gasteiger partial charge in [0.2, 0.25) is 0 Å². The molecule has 4 fully saturated rings. The summed E-state index contributed by atoms with van der Waals surface area (Å²) in [6.45, 7) is 0. The first-order valence-electron chi connectivity index (χ1n) is 21.2. The summed E-state index contributed by atoms with van der Waals surface area (Å²) in [5, 5.41) is 0. The zero-order valence-corrected chi connectivity index (χ0v) is 33.2. The minimum Gasteiger partial charge on any atom is -0.397 e. The van der Waals surface area contributed by atoms with Crippen molar-refractivity contribution in [2.45, 2.75) is 128 Å². The molecule has 8 nitrogen and oxygen atoms in total. The van der Waals surface area contributed by atoms with Crippen LogP contribution >= 0.6 is 0 Å². The number of nitrogens with two attached hydrogens (primary N) is 4. The fraction of sp³-hybridized carbons (Fsp3) is 0.417. The van der Waals surface area contributed by atoms with E-state index in [1.54, 1.807) is 12.1 Å². The zero-order valence-electron chi connectivity index (χ0n) is 33.2. The second-order valence-corrected chi connectivity index (χ2v) is 16.0. The molecule has 0 bridgehead atoms. The van der Waals surface area contributed by atoms with E-state index in [2.05, 4.69) is 36.4 Å². The van der Waals surface area contributed by atoms with Crippen LogP contribution in [0.5, 0.6) is 0 Å². The van der Waals surface area contributed by atoms with E-state index < -0.39 is 0 Å². The van der Waals surface area contributed by atoms with Crippen LogP contribution in [-0.2, 0) is 0 Å². The summed E-state index contributed by atoms with van der Waals surface area (Å²) < 4.78 is 0. The summed E-state index contributed by atoms with van der Waals surface area (Å²) >= 11 is 0. The molecule has 4 aromatic rings. The van der Waals surface area contributed by atoms with Crippen LogP contribution in [0.3, 0.4) is 0 Å². The Morgan fingerprint density at radius 1 is 0.268 bits per heavy atom. The second-order valence-electron chi connectivity index (χ2n) is 16.0. The van der Waals surface area contributed by atoms with E-state index in [0.29, 0.717) is 22.7 Å². The van der Waals surface area contributed by atoms with Crippen LogP contribution in [0.25, 0.3) is 22.3 Å². The van der Waals surface area contributed by atoms with Crippen molar-refractivity contribution in [3.8, 4) is 22.3 Å². The predicted octanol–water partition coefficient (Wildman–Crippen LogP) is 13.2. The smallest absolute Gasteiger partial charge is 0.0891 e. The van der Waals surface area contributed by atoms with Gasteiger partial charge in [0.1, 0.15) is 0 Å². The number of anilines is 4. The van der Waals surface area contributed by atoms with Gasteiger partial charge in [-0.05, 0) is 174 Å². The van der Waals surface area contributed by atoms with Crippen molar-refractivity contribution in [1.29, 1.82) is 0 Å². The number of benzene rings is 4. The Bertz CT molecular complexity index is 1940. The SMILES string of the molecule is Nc1ccc(-c2ccc(N)c(N)c2)cc1N.c1cc(N=C2CCCCC2)c(N=C2CCCCC2)cc1-c1ccc(N=C2CCCCC2)c(N=C2CCCCC2)c1. The first-order valence-corrected chi connectivity index (χ1v) is 21.2. The van der Waals surface area contributed by atoms with Gasteiger partial charge >= 0.3 is 0 Å². The molecule has 4 aromatic carbocycles. The maximum absolute atomic E-state index is 5.74. The van der Waals surface area contributed by atoms with Gasteiger partial charge in [-0.25, -0.2) is 0 Å². The Balaban J connectivity index is 0.000000251. The monoisotopic (exact) mass is 748 g/mol. The first-order chi connectivity index (χ1) is 27.4. The molecule has 0 amide bonds. The largest absolute Gasteiger partial charge is 0.397 e. The number of nitrogen functional groups attached to an aromatic ring is 4. The lowest BCUT2D eigenvalue weighted by atomic mass is 9.97. The van der Waals surface area contributed by atoms with E-state index in [4.69, 9.17) is 42.9 Å². The highest BCUT2D eigenvalue weighted by Gasteiger charge is 2.15. The van der Waals surface area contributed by atoms with E-state index in [0.717, 1.165) is 85.2 Å². The molecular formula is C48H60N8. The average molecular weight is 749 g/mol. The van der Waals surface area contributed by atoms with Crippen molar-refractivity contribution in [1.82, 2.24) is 0 Å². The van der Waals surface area contributed by atoms with Crippen molar-refractivity contribution in [3.63, 3.8) is 0 Å². The second kappa shape index (κ2) is 19.1. The minimum absolute atomic E-state index is 0.563. The topological polar surface area (TPSA) is 154 Å². The molecule has 8 rings (SSSR count). The quantitative estimate of drug-likeness (QED) is 0.145. The normalized spacial score (nSPS) is 17.4. The molecule has 0 radical (unpaired) electrons. The molecule has 8 heteroatoms. The molecule has 0 aliphatic heterocycles. The van der Waals surface area contributed by atoms with Crippen LogP contribution in [-0.4, -0.2) is 22.8 Å². The molecule has 8 N–H and O–H groups in total. The summed E-state index contributed by atoms with van der Waals surface area (Å²) in [6.07, 6.45) is 24.4. The predicted molar refractivity (Wildman–Crippen MR) is 242 cm³/mol. The Labute approximate surface area is 333 Å². The van der Waals surface area contributed by atoms with E-state index in [1.165, 1.54) is 111 Å². The number of hydrogen-bond acceptors (Lipinski definition) is 8. The average Bonchev–Trinajstić information content (AvgIpc) is 3.23. The van der Waals surface area contributed by atoms with Crippen molar-refractivity contribution in [2.75, 3.05) is 22.9 Å². The molecule has 0 atom stereocenters. The molecule has 56 heavy (non-hydrogen) atoms. The molecular weight excluding hydrogens is 689 g/mol. The molecule has 4 aliphatic rings. The van der Waals surface area contributed by atoms with Gasteiger partial charge in [-0.3, -0.25) is 20.0 Å². The first kappa shape index (κ1) is 39.0. The number of hydrogen-bond donors (Lipinski definition) is 4. The van der Waals surface area contributed by atoms with Gasteiger partial charge in [-0.15, -0.1) is 0 Å². The van der Waals surface area contributed by atoms with E-state index in [1.807, 2.05) is 24.3 Å². The molecule has 4 saturated carbocycles. The highest BCUT2D eigenvalue weighted by atomic mass is 14.9. The lowest BCUT2D eigenvalue weighted by Crippen LogP contribution is -2.05. The third kappa shape index (κ3) is 10.5. The number of nitrogens with zero attached hydrogens (tertiary/aromatic N) is 4. The lowest BCUT2D eigenvalue weighted by molar-refractivity contribution is 0.666. The summed E-state index contributed by atoms with van der Waals surface area (Å²) in [5.74, 6) is 0. The molecule has 0 spiro atoms. The maximum atomic E-state index is 5.74. The third-order valence-electron chi connectivity index (χ3n) is 11.6. The van der Waals surface area contributed by atoms with E-state index >= 15 is 0 Å². The Kier molecular flexibility index (Phi) is 13.3. The number of aliphatic imine (C=N–C) groups is 4. The molecule has 0 saturated heterocycles. The zero-order chi connectivity index (χ0) is 38.7. The van der Waals surface area contributed by atoms with Crippen LogP contribution in [0.4, 0.5) is 45.5 Å². The standard InChI is InChI=1S/C36H46N4.C12H14N4/c1-5-13-29(14-6-1)37-33-23-21-27(25-35(33)39-31-17-9-3-10-18-31)28-22-24-34(38-30-15-7-2-8-16-30)36(26-28)40-32-19-11-4-12-20-32;13-9-3-1-7(5-11(9)15)8-2-4-10(14)12(16)6-8/h21-26H,1-20H2;1-6H,13-16H2. The van der Waals surface area contributed by atoms with Gasteiger partial charge in [0.05, 0.1) is 45.5 Å². The maximum Gasteiger partial charge on any atom is 0.0891 e. The molecule has 0 heterocycles. The van der Waals surface area contributed by atoms with Crippen LogP contribution < -0.4 is 22.9 Å². The molecule has 0 aromatic heterocycles. The lowest BCUT2D eigenvalue weighted by Gasteiger charge is -2.17. The van der Waals surface area contributed by atoms with Crippen molar-refractivity contribution in [2.24, 2.45) is 20.0 Å². The van der Waals surface area contributed by atoms with Gasteiger partial charge in [-0.1, -0.05) is 49.9 Å². The third-order valence-corrected chi connectivity index (χ3v) is 11.6. The molecule has 0 unspecified atom stereocenters. The fourth-order valence-corrected chi connectivity index (χ4v) is 8.25. The van der Waals surface area contributed by atoms with Crippen molar-refractivity contribution >= 4 is 68.3 Å². The number of rotatable bonds is 6. The molecule has 292 valence electrons. The fourth-order valence-electron chi connectivity index (χ4n) is 8.25. The Morgan fingerprint density at radius 3 is 0.839 bits per heavy atom. The van der Waals surface area contributed by atoms with E-state index in [-0.39, 0.29) is 0 Å². The van der Waals surface area contributed by atoms with Crippen LogP contribution in [0.2, 0.25) is 0 Å². The van der Waals surface area contributed by atoms with Gasteiger partial charge in [0, 0.05) is 22.8 Å². The van der Waals surface area contributed by atoms with Crippen molar-refractivity contribution in [3.05, 3.63) is 72.8 Å². The van der Waals surface area contributed by atoms with Gasteiger partial charge in [0.25, 0.3) is 0 Å². The summed E-state index contributed by atoms with van der Waals surface area (Å²) in [4.78, 5) is 20.8.